The van der Waals surface area contributed by atoms with Crippen molar-refractivity contribution in [1.82, 2.24) is 29.9 Å². The molecule has 2 unspecified atom stereocenters. The molecule has 0 aliphatic heterocycles. The number of rotatable bonds is 7. The van der Waals surface area contributed by atoms with Gasteiger partial charge in [-0.2, -0.15) is 0 Å². The monoisotopic (exact) mass is 988 g/mol. The molecule has 6 aromatic carbocycles. The van der Waals surface area contributed by atoms with E-state index in [-0.39, 0.29) is 5.43 Å². The Hall–Kier alpha value is -9.08. The maximum Gasteiger partial charge on any atom is 0.192 e. The van der Waals surface area contributed by atoms with Crippen molar-refractivity contribution in [3.63, 3.8) is 0 Å². The van der Waals surface area contributed by atoms with Gasteiger partial charge >= 0.3 is 0 Å². The molecule has 14 heteroatoms. The summed E-state index contributed by atoms with van der Waals surface area (Å²) in [6.07, 6.45) is 6.93. The predicted octanol–water partition coefficient (Wildman–Crippen LogP) is 10.7. The number of benzene rings is 6. The van der Waals surface area contributed by atoms with Gasteiger partial charge in [-0.15, -0.1) is 0 Å². The molecule has 0 amide bonds. The van der Waals surface area contributed by atoms with Crippen LogP contribution in [0.5, 0.6) is 5.75 Å². The molecule has 0 aliphatic carbocycles. The summed E-state index contributed by atoms with van der Waals surface area (Å²) in [6.45, 7) is 0. The molecule has 8 aromatic heterocycles. The Morgan fingerprint density at radius 2 is 0.932 bits per heavy atom. The molecule has 14 aromatic rings. The number of H-pyrrole nitrogens is 1. The molecule has 1 N–H and O–H groups in total. The first-order valence-electron chi connectivity index (χ1n) is 23.3. The second-order valence-electron chi connectivity index (χ2n) is 17.4. The van der Waals surface area contributed by atoms with Crippen molar-refractivity contribution >= 4 is 134 Å². The number of aromatic nitrogens is 6. The third-order valence-corrected chi connectivity index (χ3v) is 19.2. The molecule has 14 rings (SSSR count). The summed E-state index contributed by atoms with van der Waals surface area (Å²) < 4.78 is 49.0. The van der Waals surface area contributed by atoms with Crippen molar-refractivity contribution in [3.05, 3.63) is 217 Å². The van der Waals surface area contributed by atoms with E-state index in [4.69, 9.17) is 23.5 Å². The van der Waals surface area contributed by atoms with E-state index in [0.717, 1.165) is 32.6 Å². The van der Waals surface area contributed by atoms with Crippen molar-refractivity contribution in [1.29, 1.82) is 0 Å². The SMILES string of the molecule is COc1ccc(P(=O)(c2ccccc2)c2ccc3ccc4cccnc4c3n2)c2oc3cccnc3c12.O=c1ccc(P(=O)(c2ccccc2)c2ccc3ccc4cccnc4c3n2)c2oc3ccc[nH]c3c12. The Morgan fingerprint density at radius 3 is 1.51 bits per heavy atom. The number of nitrogens with one attached hydrogen (secondary N) is 1. The highest BCUT2D eigenvalue weighted by Gasteiger charge is 2.37. The number of pyridine rings is 6. The highest BCUT2D eigenvalue weighted by Crippen LogP contribution is 2.48. The van der Waals surface area contributed by atoms with Crippen LogP contribution in [0.3, 0.4) is 0 Å². The number of nitrogens with zero attached hydrogens (tertiary/aromatic N) is 5. The van der Waals surface area contributed by atoms with Crippen LogP contribution in [0.25, 0.3) is 87.7 Å². The van der Waals surface area contributed by atoms with Crippen molar-refractivity contribution < 1.29 is 22.7 Å². The Morgan fingerprint density at radius 1 is 0.452 bits per heavy atom. The lowest BCUT2D eigenvalue weighted by atomic mass is 10.1. The summed E-state index contributed by atoms with van der Waals surface area (Å²) in [5.74, 6) is 0.609. The average molecular weight is 989 g/mol. The Balaban J connectivity index is 0.000000141. The number of furan rings is 2. The molecule has 2 atom stereocenters. The standard InChI is InChI=1S/C30H20N3O3P.C29H18N3O3P/c1-35-22-14-15-24(30-26(22)29-23(36-30)10-6-18-32-29)37(34,21-8-3-2-4-9-21)25-16-13-20-12-11-19-7-5-17-31-27(19)28(20)33-25;33-21-13-14-23(29-25(21)28-22(35-29)9-5-17-31-28)36(34,20-7-2-1-3-8-20)24-15-12-19-11-10-18-6-4-16-30-26(18)27(19)32-24/h2-18H,1H3;1-17,31H. The number of hydrogen-bond acceptors (Lipinski definition) is 11. The summed E-state index contributed by atoms with van der Waals surface area (Å²) in [5, 5.41) is 7.10. The number of hydrogen-bond donors (Lipinski definition) is 1. The van der Waals surface area contributed by atoms with E-state index in [1.54, 1.807) is 56.2 Å². The molecule has 350 valence electrons. The molecule has 73 heavy (non-hydrogen) atoms. The largest absolute Gasteiger partial charge is 0.496 e. The Bertz CT molecular complexity index is 4670. The van der Waals surface area contributed by atoms with Crippen LogP contribution in [0.1, 0.15) is 0 Å². The van der Waals surface area contributed by atoms with E-state index in [1.807, 2.05) is 152 Å². The number of methoxy groups -OCH3 is 1. The summed E-state index contributed by atoms with van der Waals surface area (Å²) in [7, 11) is -5.46. The molecule has 0 spiro atoms. The Labute approximate surface area is 414 Å². The first-order valence-corrected chi connectivity index (χ1v) is 26.7. The van der Waals surface area contributed by atoms with Gasteiger partial charge in [-0.3, -0.25) is 19.7 Å². The van der Waals surface area contributed by atoms with Crippen LogP contribution in [-0.2, 0) is 9.13 Å². The normalized spacial score (nSPS) is 13.4. The molecule has 0 radical (unpaired) electrons. The van der Waals surface area contributed by atoms with E-state index in [2.05, 4.69) is 19.9 Å². The minimum atomic E-state index is -3.56. The van der Waals surface area contributed by atoms with Gasteiger partial charge in [0.05, 0.1) is 56.1 Å². The van der Waals surface area contributed by atoms with Crippen LogP contribution in [0.2, 0.25) is 0 Å². The fraction of sp³-hybridized carbons (Fsp3) is 0.0169. The maximum atomic E-state index is 15.5. The quantitative estimate of drug-likeness (QED) is 0.119. The van der Waals surface area contributed by atoms with E-state index >= 15 is 9.13 Å². The van der Waals surface area contributed by atoms with E-state index < -0.39 is 14.3 Å². The van der Waals surface area contributed by atoms with Crippen LogP contribution in [0.15, 0.2) is 220 Å². The fourth-order valence-electron chi connectivity index (χ4n) is 9.87. The van der Waals surface area contributed by atoms with Crippen molar-refractivity contribution in [3.8, 4) is 5.75 Å². The van der Waals surface area contributed by atoms with Gasteiger partial charge in [-0.05, 0) is 72.8 Å². The third kappa shape index (κ3) is 6.98. The summed E-state index contributed by atoms with van der Waals surface area (Å²) >= 11 is 0. The zero-order valence-electron chi connectivity index (χ0n) is 38.7. The van der Waals surface area contributed by atoms with Crippen molar-refractivity contribution in [2.45, 2.75) is 0 Å². The van der Waals surface area contributed by atoms with Crippen molar-refractivity contribution in [2.75, 3.05) is 7.11 Å². The van der Waals surface area contributed by atoms with E-state index in [0.29, 0.717) is 93.0 Å². The summed E-state index contributed by atoms with van der Waals surface area (Å²) in [5.41, 5.74) is 6.75. The van der Waals surface area contributed by atoms with Crippen LogP contribution in [-0.4, -0.2) is 37.0 Å². The highest BCUT2D eigenvalue weighted by molar-refractivity contribution is 7.86. The van der Waals surface area contributed by atoms with Crippen molar-refractivity contribution in [2.24, 2.45) is 0 Å². The molecule has 0 aliphatic rings. The lowest BCUT2D eigenvalue weighted by Gasteiger charge is -2.20. The lowest BCUT2D eigenvalue weighted by Crippen LogP contribution is -2.28. The maximum absolute atomic E-state index is 15.5. The zero-order valence-corrected chi connectivity index (χ0v) is 40.5. The topological polar surface area (TPSA) is 167 Å². The molecule has 0 bridgehead atoms. The minimum absolute atomic E-state index is 0.198. The molecule has 0 saturated heterocycles. The summed E-state index contributed by atoms with van der Waals surface area (Å²) in [6, 6.07) is 56.0. The van der Waals surface area contributed by atoms with Gasteiger partial charge < -0.3 is 27.7 Å². The van der Waals surface area contributed by atoms with Gasteiger partial charge in [-0.25, -0.2) is 9.97 Å². The van der Waals surface area contributed by atoms with Crippen LogP contribution >= 0.6 is 14.3 Å². The molecule has 0 fully saturated rings. The van der Waals surface area contributed by atoms with Gasteiger partial charge in [0.15, 0.2) is 42.0 Å². The number of ether oxygens (including phenoxy) is 1. The number of aromatic amines is 1. The molecular weight excluding hydrogens is 951 g/mol. The molecular formula is C59H38N6O6P2. The molecule has 12 nitrogen and oxygen atoms in total. The minimum Gasteiger partial charge on any atom is -0.496 e. The summed E-state index contributed by atoms with van der Waals surface area (Å²) in [4.78, 5) is 39.7. The zero-order chi connectivity index (χ0) is 49.3. The third-order valence-electron chi connectivity index (χ3n) is 13.3. The van der Waals surface area contributed by atoms with Gasteiger partial charge in [0, 0.05) is 56.9 Å². The fourth-order valence-corrected chi connectivity index (χ4v) is 15.1. The molecule has 8 heterocycles. The van der Waals surface area contributed by atoms with Crippen LogP contribution in [0.4, 0.5) is 0 Å². The predicted molar refractivity (Wildman–Crippen MR) is 292 cm³/mol. The van der Waals surface area contributed by atoms with Crippen LogP contribution in [0, 0.1) is 0 Å². The average Bonchev–Trinajstić information content (AvgIpc) is 4.05. The lowest BCUT2D eigenvalue weighted by molar-refractivity contribution is 0.420. The Kier molecular flexibility index (Phi) is 10.4. The van der Waals surface area contributed by atoms with Gasteiger partial charge in [0.2, 0.25) is 0 Å². The van der Waals surface area contributed by atoms with Gasteiger partial charge in [0.25, 0.3) is 0 Å². The second-order valence-corrected chi connectivity index (χ2v) is 22.7. The first-order chi connectivity index (χ1) is 35.8. The smallest absolute Gasteiger partial charge is 0.192 e. The van der Waals surface area contributed by atoms with Gasteiger partial charge in [-0.1, -0.05) is 109 Å². The van der Waals surface area contributed by atoms with Gasteiger partial charge in [0.1, 0.15) is 22.1 Å². The first kappa shape index (κ1) is 43.9. The second kappa shape index (κ2) is 17.3. The molecule has 0 saturated carbocycles. The number of fused-ring (bicyclic) bond motifs is 12. The van der Waals surface area contributed by atoms with Crippen LogP contribution < -0.4 is 42.3 Å². The van der Waals surface area contributed by atoms with E-state index in [9.17, 15) is 4.79 Å². The highest BCUT2D eigenvalue weighted by atomic mass is 31.2. The van der Waals surface area contributed by atoms with E-state index in [1.165, 1.54) is 6.07 Å².